The van der Waals surface area contributed by atoms with Gasteiger partial charge < -0.3 is 5.32 Å². The van der Waals surface area contributed by atoms with Crippen molar-refractivity contribution in [1.29, 1.82) is 0 Å². The summed E-state index contributed by atoms with van der Waals surface area (Å²) in [7, 11) is 0. The Morgan fingerprint density at radius 2 is 2.12 bits per heavy atom. The van der Waals surface area contributed by atoms with Crippen molar-refractivity contribution in [3.05, 3.63) is 17.0 Å². The topological polar surface area (TPSA) is 37.8 Å². The highest BCUT2D eigenvalue weighted by Crippen LogP contribution is 2.29. The van der Waals surface area contributed by atoms with Crippen LogP contribution in [0.2, 0.25) is 5.15 Å². The van der Waals surface area contributed by atoms with E-state index < -0.39 is 0 Å². The standard InChI is InChI=1S/C13H20ClN3/c1-3-12-16-11(14)8-13(17-12)15-9(2)10-6-4-5-7-10/h8-10H,3-7H2,1-2H3,(H,15,16,17). The zero-order valence-electron chi connectivity index (χ0n) is 10.5. The van der Waals surface area contributed by atoms with Crippen molar-refractivity contribution >= 4 is 17.4 Å². The summed E-state index contributed by atoms with van der Waals surface area (Å²) in [6, 6.07) is 2.28. The Labute approximate surface area is 108 Å². The van der Waals surface area contributed by atoms with Crippen molar-refractivity contribution in [2.24, 2.45) is 5.92 Å². The molecule has 1 aromatic rings. The third-order valence-electron chi connectivity index (χ3n) is 3.54. The van der Waals surface area contributed by atoms with Crippen LogP contribution in [0.4, 0.5) is 5.82 Å². The molecule has 1 heterocycles. The SMILES string of the molecule is CCc1nc(Cl)cc(NC(C)C2CCCC2)n1. The fourth-order valence-electron chi connectivity index (χ4n) is 2.51. The first-order chi connectivity index (χ1) is 8.19. The predicted molar refractivity (Wildman–Crippen MR) is 71.5 cm³/mol. The maximum atomic E-state index is 5.98. The van der Waals surface area contributed by atoms with Gasteiger partial charge in [-0.25, -0.2) is 9.97 Å². The van der Waals surface area contributed by atoms with Gasteiger partial charge in [-0.2, -0.15) is 0 Å². The number of anilines is 1. The zero-order chi connectivity index (χ0) is 12.3. The van der Waals surface area contributed by atoms with Crippen LogP contribution >= 0.6 is 11.6 Å². The second-order valence-corrected chi connectivity index (χ2v) is 5.21. The van der Waals surface area contributed by atoms with Crippen LogP contribution in [0, 0.1) is 5.92 Å². The maximum Gasteiger partial charge on any atom is 0.134 e. The number of nitrogens with zero attached hydrogens (tertiary/aromatic N) is 2. The van der Waals surface area contributed by atoms with Crippen molar-refractivity contribution in [3.63, 3.8) is 0 Å². The number of halogens is 1. The Morgan fingerprint density at radius 3 is 2.76 bits per heavy atom. The van der Waals surface area contributed by atoms with Crippen LogP contribution < -0.4 is 5.32 Å². The highest BCUT2D eigenvalue weighted by atomic mass is 35.5. The fraction of sp³-hybridized carbons (Fsp3) is 0.692. The highest BCUT2D eigenvalue weighted by Gasteiger charge is 2.21. The first kappa shape index (κ1) is 12.6. The van der Waals surface area contributed by atoms with E-state index in [4.69, 9.17) is 11.6 Å². The monoisotopic (exact) mass is 253 g/mol. The van der Waals surface area contributed by atoms with Gasteiger partial charge in [0.2, 0.25) is 0 Å². The van der Waals surface area contributed by atoms with Gasteiger partial charge in [0, 0.05) is 18.5 Å². The predicted octanol–water partition coefficient (Wildman–Crippen LogP) is 3.68. The molecule has 1 aromatic heterocycles. The molecular weight excluding hydrogens is 234 g/mol. The Bertz CT molecular complexity index is 375. The van der Waals surface area contributed by atoms with Crippen LogP contribution in [-0.4, -0.2) is 16.0 Å². The molecule has 1 aliphatic carbocycles. The Morgan fingerprint density at radius 1 is 1.41 bits per heavy atom. The summed E-state index contributed by atoms with van der Waals surface area (Å²) in [6.07, 6.45) is 6.19. The van der Waals surface area contributed by atoms with Crippen LogP contribution in [0.3, 0.4) is 0 Å². The lowest BCUT2D eigenvalue weighted by Crippen LogP contribution is -2.24. The molecule has 0 aliphatic heterocycles. The maximum absolute atomic E-state index is 5.98. The molecule has 0 radical (unpaired) electrons. The number of rotatable bonds is 4. The van der Waals surface area contributed by atoms with Crippen LogP contribution in [0.15, 0.2) is 6.07 Å². The quantitative estimate of drug-likeness (QED) is 0.832. The molecule has 1 N–H and O–H groups in total. The molecule has 1 saturated carbocycles. The molecule has 0 amide bonds. The van der Waals surface area contributed by atoms with E-state index in [1.807, 2.05) is 13.0 Å². The number of nitrogens with one attached hydrogen (secondary N) is 1. The molecule has 0 bridgehead atoms. The summed E-state index contributed by atoms with van der Waals surface area (Å²) in [4.78, 5) is 8.63. The van der Waals surface area contributed by atoms with Crippen LogP contribution in [0.25, 0.3) is 0 Å². The van der Waals surface area contributed by atoms with Crippen LogP contribution in [0.1, 0.15) is 45.4 Å². The minimum Gasteiger partial charge on any atom is -0.367 e. The third-order valence-corrected chi connectivity index (χ3v) is 3.73. The van der Waals surface area contributed by atoms with Crippen molar-refractivity contribution in [2.75, 3.05) is 5.32 Å². The third kappa shape index (κ3) is 3.32. The molecule has 2 rings (SSSR count). The Kier molecular flexibility index (Phi) is 4.21. The Hall–Kier alpha value is -0.830. The van der Waals surface area contributed by atoms with Crippen LogP contribution in [-0.2, 0) is 6.42 Å². The molecular formula is C13H20ClN3. The molecule has 0 aromatic carbocycles. The van der Waals surface area contributed by atoms with E-state index in [0.29, 0.717) is 11.2 Å². The van der Waals surface area contributed by atoms with Gasteiger partial charge in [-0.1, -0.05) is 31.4 Å². The molecule has 1 aliphatic rings. The summed E-state index contributed by atoms with van der Waals surface area (Å²) in [5.74, 6) is 2.44. The first-order valence-electron chi connectivity index (χ1n) is 6.49. The minimum absolute atomic E-state index is 0.466. The van der Waals surface area contributed by atoms with Gasteiger partial charge in [-0.15, -0.1) is 0 Å². The Balaban J connectivity index is 2.04. The smallest absolute Gasteiger partial charge is 0.134 e. The molecule has 3 nitrogen and oxygen atoms in total. The number of hydrogen-bond donors (Lipinski definition) is 1. The van der Waals surface area contributed by atoms with Crippen LogP contribution in [0.5, 0.6) is 0 Å². The zero-order valence-corrected chi connectivity index (χ0v) is 11.3. The molecule has 1 atom stereocenters. The second-order valence-electron chi connectivity index (χ2n) is 4.82. The van der Waals surface area contributed by atoms with E-state index in [1.54, 1.807) is 0 Å². The van der Waals surface area contributed by atoms with Gasteiger partial charge in [0.15, 0.2) is 0 Å². The summed E-state index contributed by atoms with van der Waals surface area (Å²) in [6.45, 7) is 4.27. The highest BCUT2D eigenvalue weighted by molar-refractivity contribution is 6.29. The summed E-state index contributed by atoms with van der Waals surface area (Å²) in [5, 5.41) is 3.99. The van der Waals surface area contributed by atoms with Gasteiger partial charge in [0.05, 0.1) is 0 Å². The summed E-state index contributed by atoms with van der Waals surface area (Å²) in [5.41, 5.74) is 0. The minimum atomic E-state index is 0.466. The van der Waals surface area contributed by atoms with Gasteiger partial charge in [0.25, 0.3) is 0 Å². The van der Waals surface area contributed by atoms with Gasteiger partial charge in [-0.3, -0.25) is 0 Å². The number of aromatic nitrogens is 2. The van der Waals surface area contributed by atoms with Crippen molar-refractivity contribution in [3.8, 4) is 0 Å². The molecule has 94 valence electrons. The molecule has 4 heteroatoms. The van der Waals surface area contributed by atoms with E-state index in [1.165, 1.54) is 25.7 Å². The number of hydrogen-bond acceptors (Lipinski definition) is 3. The van der Waals surface area contributed by atoms with E-state index >= 15 is 0 Å². The molecule has 0 saturated heterocycles. The molecule has 17 heavy (non-hydrogen) atoms. The van der Waals surface area contributed by atoms with Crippen molar-refractivity contribution < 1.29 is 0 Å². The molecule has 1 fully saturated rings. The normalized spacial score (nSPS) is 18.3. The lowest BCUT2D eigenvalue weighted by molar-refractivity contribution is 0.481. The van der Waals surface area contributed by atoms with E-state index in [-0.39, 0.29) is 0 Å². The van der Waals surface area contributed by atoms with E-state index in [2.05, 4.69) is 22.2 Å². The first-order valence-corrected chi connectivity index (χ1v) is 6.87. The average Bonchev–Trinajstić information content (AvgIpc) is 2.81. The second kappa shape index (κ2) is 5.67. The summed E-state index contributed by atoms with van der Waals surface area (Å²) >= 11 is 5.98. The van der Waals surface area contributed by atoms with E-state index in [9.17, 15) is 0 Å². The average molecular weight is 254 g/mol. The lowest BCUT2D eigenvalue weighted by atomic mass is 10.00. The molecule has 0 spiro atoms. The van der Waals surface area contributed by atoms with E-state index in [0.717, 1.165) is 24.0 Å². The number of aryl methyl sites for hydroxylation is 1. The van der Waals surface area contributed by atoms with Crippen molar-refractivity contribution in [2.45, 2.75) is 52.0 Å². The largest absolute Gasteiger partial charge is 0.367 e. The van der Waals surface area contributed by atoms with Gasteiger partial charge >= 0.3 is 0 Å². The lowest BCUT2D eigenvalue weighted by Gasteiger charge is -2.21. The fourth-order valence-corrected chi connectivity index (χ4v) is 2.71. The van der Waals surface area contributed by atoms with Gasteiger partial charge in [-0.05, 0) is 25.7 Å². The summed E-state index contributed by atoms with van der Waals surface area (Å²) < 4.78 is 0. The van der Waals surface area contributed by atoms with Crippen molar-refractivity contribution in [1.82, 2.24) is 9.97 Å². The molecule has 1 unspecified atom stereocenters. The van der Waals surface area contributed by atoms with Gasteiger partial charge in [0.1, 0.15) is 16.8 Å².